The van der Waals surface area contributed by atoms with Gasteiger partial charge in [0.2, 0.25) is 0 Å². The molecular weight excluding hydrogens is 283 g/mol. The maximum atomic E-state index is 12.1. The van der Waals surface area contributed by atoms with E-state index < -0.39 is 19.2 Å². The summed E-state index contributed by atoms with van der Waals surface area (Å²) >= 11 is 5.89. The first kappa shape index (κ1) is 15.9. The third kappa shape index (κ3) is 5.16. The van der Waals surface area contributed by atoms with Gasteiger partial charge in [-0.1, -0.05) is 11.6 Å². The monoisotopic (exact) mass is 297 g/mol. The molecule has 0 saturated heterocycles. The lowest BCUT2D eigenvalue weighted by Gasteiger charge is -2.16. The van der Waals surface area contributed by atoms with Gasteiger partial charge in [-0.05, 0) is 19.0 Å². The Morgan fingerprint density at radius 1 is 1.32 bits per heavy atom. The molecule has 0 aliphatic rings. The Labute approximate surface area is 114 Å². The standard InChI is InChI=1S/C12H15ClF3NO2/c1-18-10-7-9(13)6-8(2-4-17)11(10)19-5-3-12(14,15)16/h6-7H,2-5,17H2,1H3. The molecule has 0 aromatic heterocycles. The van der Waals surface area contributed by atoms with Crippen LogP contribution >= 0.6 is 11.6 Å². The van der Waals surface area contributed by atoms with Crippen molar-refractivity contribution in [3.63, 3.8) is 0 Å². The molecular formula is C12H15ClF3NO2. The molecule has 0 amide bonds. The summed E-state index contributed by atoms with van der Waals surface area (Å²) in [5, 5.41) is 0.420. The van der Waals surface area contributed by atoms with E-state index in [2.05, 4.69) is 0 Å². The zero-order valence-electron chi connectivity index (χ0n) is 10.4. The van der Waals surface area contributed by atoms with Crippen molar-refractivity contribution in [2.75, 3.05) is 20.3 Å². The highest BCUT2D eigenvalue weighted by Crippen LogP contribution is 2.35. The predicted octanol–water partition coefficient (Wildman–Crippen LogP) is 3.18. The Morgan fingerprint density at radius 2 is 2.00 bits per heavy atom. The van der Waals surface area contributed by atoms with Gasteiger partial charge in [0.1, 0.15) is 0 Å². The van der Waals surface area contributed by atoms with Crippen LogP contribution in [0.15, 0.2) is 12.1 Å². The molecule has 3 nitrogen and oxygen atoms in total. The van der Waals surface area contributed by atoms with Gasteiger partial charge in [-0.25, -0.2) is 0 Å². The fourth-order valence-corrected chi connectivity index (χ4v) is 1.78. The maximum absolute atomic E-state index is 12.1. The summed E-state index contributed by atoms with van der Waals surface area (Å²) < 4.78 is 46.6. The summed E-state index contributed by atoms with van der Waals surface area (Å²) in [6.45, 7) is -0.141. The molecule has 0 fully saturated rings. The highest BCUT2D eigenvalue weighted by Gasteiger charge is 2.27. The Balaban J connectivity index is 2.89. The van der Waals surface area contributed by atoms with E-state index in [1.807, 2.05) is 0 Å². The molecule has 1 aromatic carbocycles. The lowest BCUT2D eigenvalue weighted by molar-refractivity contribution is -0.139. The van der Waals surface area contributed by atoms with Crippen LogP contribution in [0.3, 0.4) is 0 Å². The van der Waals surface area contributed by atoms with E-state index in [0.29, 0.717) is 29.3 Å². The van der Waals surface area contributed by atoms with Crippen LogP contribution in [0.25, 0.3) is 0 Å². The maximum Gasteiger partial charge on any atom is 0.392 e. The molecule has 2 N–H and O–H groups in total. The molecule has 0 saturated carbocycles. The van der Waals surface area contributed by atoms with Crippen molar-refractivity contribution < 1.29 is 22.6 Å². The first-order chi connectivity index (χ1) is 8.87. The Bertz CT molecular complexity index is 424. The van der Waals surface area contributed by atoms with E-state index in [1.165, 1.54) is 13.2 Å². The summed E-state index contributed by atoms with van der Waals surface area (Å²) in [5.41, 5.74) is 6.08. The second-order valence-corrected chi connectivity index (χ2v) is 4.29. The summed E-state index contributed by atoms with van der Waals surface area (Å²) in [7, 11) is 1.40. The van der Waals surface area contributed by atoms with Gasteiger partial charge in [-0.15, -0.1) is 0 Å². The fraction of sp³-hybridized carbons (Fsp3) is 0.500. The summed E-state index contributed by atoms with van der Waals surface area (Å²) in [6, 6.07) is 3.10. The van der Waals surface area contributed by atoms with Gasteiger partial charge < -0.3 is 15.2 Å². The van der Waals surface area contributed by atoms with E-state index in [9.17, 15) is 13.2 Å². The van der Waals surface area contributed by atoms with Crippen molar-refractivity contribution in [2.45, 2.75) is 19.0 Å². The number of hydrogen-bond acceptors (Lipinski definition) is 3. The summed E-state index contributed by atoms with van der Waals surface area (Å²) in [5.74, 6) is 0.569. The number of nitrogens with two attached hydrogens (primary N) is 1. The Morgan fingerprint density at radius 3 is 2.53 bits per heavy atom. The molecule has 1 aromatic rings. The van der Waals surface area contributed by atoms with Gasteiger partial charge in [0.05, 0.1) is 20.1 Å². The number of alkyl halides is 3. The van der Waals surface area contributed by atoms with E-state index in [1.54, 1.807) is 6.07 Å². The van der Waals surface area contributed by atoms with Gasteiger partial charge in [0, 0.05) is 16.7 Å². The fourth-order valence-electron chi connectivity index (χ4n) is 1.55. The number of benzene rings is 1. The van der Waals surface area contributed by atoms with E-state index in [4.69, 9.17) is 26.8 Å². The van der Waals surface area contributed by atoms with Gasteiger partial charge in [0.25, 0.3) is 0 Å². The van der Waals surface area contributed by atoms with Crippen molar-refractivity contribution in [1.82, 2.24) is 0 Å². The zero-order valence-corrected chi connectivity index (χ0v) is 11.1. The molecule has 1 rings (SSSR count). The van der Waals surface area contributed by atoms with Crippen LogP contribution in [0.5, 0.6) is 11.5 Å². The predicted molar refractivity (Wildman–Crippen MR) is 66.9 cm³/mol. The van der Waals surface area contributed by atoms with Crippen molar-refractivity contribution in [1.29, 1.82) is 0 Å². The molecule has 7 heteroatoms. The van der Waals surface area contributed by atoms with Gasteiger partial charge in [-0.3, -0.25) is 0 Å². The molecule has 0 heterocycles. The quantitative estimate of drug-likeness (QED) is 0.877. The summed E-state index contributed by atoms with van der Waals surface area (Å²) in [4.78, 5) is 0. The second-order valence-electron chi connectivity index (χ2n) is 3.85. The number of halogens is 4. The van der Waals surface area contributed by atoms with Crippen LogP contribution in [-0.4, -0.2) is 26.4 Å². The minimum absolute atomic E-state index is 0.265. The van der Waals surface area contributed by atoms with Gasteiger partial charge >= 0.3 is 6.18 Å². The molecule has 0 aliphatic carbocycles. The third-order valence-corrected chi connectivity index (χ3v) is 2.58. The van der Waals surface area contributed by atoms with Crippen LogP contribution in [0, 0.1) is 0 Å². The van der Waals surface area contributed by atoms with Gasteiger partial charge in [0.15, 0.2) is 11.5 Å². The summed E-state index contributed by atoms with van der Waals surface area (Å²) in [6.07, 6.45) is -4.84. The van der Waals surface area contributed by atoms with E-state index in [0.717, 1.165) is 0 Å². The second kappa shape index (κ2) is 6.86. The minimum atomic E-state index is -4.26. The number of methoxy groups -OCH3 is 1. The average Bonchev–Trinajstić information content (AvgIpc) is 2.30. The van der Waals surface area contributed by atoms with Crippen molar-refractivity contribution in [2.24, 2.45) is 5.73 Å². The van der Waals surface area contributed by atoms with E-state index >= 15 is 0 Å². The molecule has 19 heavy (non-hydrogen) atoms. The molecule has 0 unspecified atom stereocenters. The zero-order chi connectivity index (χ0) is 14.5. The highest BCUT2D eigenvalue weighted by atomic mass is 35.5. The Hall–Kier alpha value is -1.14. The number of ether oxygens (including phenoxy) is 2. The largest absolute Gasteiger partial charge is 0.493 e. The topological polar surface area (TPSA) is 44.5 Å². The molecule has 0 aliphatic heterocycles. The Kier molecular flexibility index (Phi) is 5.75. The first-order valence-electron chi connectivity index (χ1n) is 5.63. The number of rotatable bonds is 6. The average molecular weight is 298 g/mol. The van der Waals surface area contributed by atoms with Crippen LogP contribution in [-0.2, 0) is 6.42 Å². The van der Waals surface area contributed by atoms with Crippen LogP contribution in [0.4, 0.5) is 13.2 Å². The molecule has 0 bridgehead atoms. The molecule has 0 spiro atoms. The molecule has 108 valence electrons. The van der Waals surface area contributed by atoms with Crippen molar-refractivity contribution >= 4 is 11.6 Å². The van der Waals surface area contributed by atoms with Crippen LogP contribution in [0.2, 0.25) is 5.02 Å². The normalized spacial score (nSPS) is 11.5. The molecule has 0 radical (unpaired) electrons. The SMILES string of the molecule is COc1cc(Cl)cc(CCN)c1OCCC(F)(F)F. The molecule has 0 atom stereocenters. The minimum Gasteiger partial charge on any atom is -0.493 e. The van der Waals surface area contributed by atoms with Crippen molar-refractivity contribution in [3.8, 4) is 11.5 Å². The first-order valence-corrected chi connectivity index (χ1v) is 6.01. The third-order valence-electron chi connectivity index (χ3n) is 2.36. The lowest BCUT2D eigenvalue weighted by atomic mass is 10.1. The highest BCUT2D eigenvalue weighted by molar-refractivity contribution is 6.30. The van der Waals surface area contributed by atoms with E-state index in [-0.39, 0.29) is 5.75 Å². The smallest absolute Gasteiger partial charge is 0.392 e. The number of hydrogen-bond donors (Lipinski definition) is 1. The van der Waals surface area contributed by atoms with Crippen LogP contribution in [0.1, 0.15) is 12.0 Å². The van der Waals surface area contributed by atoms with Crippen molar-refractivity contribution in [3.05, 3.63) is 22.7 Å². The lowest BCUT2D eigenvalue weighted by Crippen LogP contribution is -2.14. The van der Waals surface area contributed by atoms with Crippen LogP contribution < -0.4 is 15.2 Å². The van der Waals surface area contributed by atoms with Gasteiger partial charge in [-0.2, -0.15) is 13.2 Å².